The van der Waals surface area contributed by atoms with E-state index >= 15 is 0 Å². The minimum absolute atomic E-state index is 0.216. The molecule has 0 atom stereocenters. The zero-order valence-electron chi connectivity index (χ0n) is 15.7. The Morgan fingerprint density at radius 3 is 2.56 bits per heavy atom. The Morgan fingerprint density at radius 2 is 1.85 bits per heavy atom. The first-order valence-electron chi connectivity index (χ1n) is 8.67. The number of carbonyl (C=O) groups excluding carboxylic acids is 2. The molecule has 0 saturated carbocycles. The smallest absolute Gasteiger partial charge is 0.253 e. The van der Waals surface area contributed by atoms with Gasteiger partial charge in [-0.15, -0.1) is 0 Å². The third-order valence-corrected chi connectivity index (χ3v) is 3.82. The number of rotatable bonds is 8. The molecule has 2 aromatic rings. The van der Waals surface area contributed by atoms with Gasteiger partial charge in [0.25, 0.3) is 5.91 Å². The van der Waals surface area contributed by atoms with Gasteiger partial charge in [0, 0.05) is 18.2 Å². The van der Waals surface area contributed by atoms with Crippen LogP contribution in [0.2, 0.25) is 0 Å². The van der Waals surface area contributed by atoms with Crippen molar-refractivity contribution in [3.63, 3.8) is 0 Å². The molecule has 27 heavy (non-hydrogen) atoms. The van der Waals surface area contributed by atoms with Crippen molar-refractivity contribution in [1.82, 2.24) is 5.32 Å². The van der Waals surface area contributed by atoms with Crippen LogP contribution in [0.3, 0.4) is 0 Å². The fourth-order valence-electron chi connectivity index (χ4n) is 2.43. The summed E-state index contributed by atoms with van der Waals surface area (Å²) in [6.07, 6.45) is 3.86. The monoisotopic (exact) mass is 368 g/mol. The van der Waals surface area contributed by atoms with Gasteiger partial charge in [-0.05, 0) is 42.8 Å². The highest BCUT2D eigenvalue weighted by atomic mass is 16.5. The summed E-state index contributed by atoms with van der Waals surface area (Å²) in [4.78, 5) is 24.6. The highest BCUT2D eigenvalue weighted by Crippen LogP contribution is 2.25. The van der Waals surface area contributed by atoms with Crippen LogP contribution < -0.4 is 20.1 Å². The van der Waals surface area contributed by atoms with E-state index in [1.54, 1.807) is 62.8 Å². The minimum Gasteiger partial charge on any atom is -0.497 e. The first-order chi connectivity index (χ1) is 13.1. The summed E-state index contributed by atoms with van der Waals surface area (Å²) in [7, 11) is 3.13. The van der Waals surface area contributed by atoms with Gasteiger partial charge in [-0.1, -0.05) is 19.1 Å². The number of methoxy groups -OCH3 is 2. The maximum absolute atomic E-state index is 12.3. The highest BCUT2D eigenvalue weighted by molar-refractivity contribution is 6.07. The summed E-state index contributed by atoms with van der Waals surface area (Å²) in [5, 5.41) is 5.55. The van der Waals surface area contributed by atoms with Crippen molar-refractivity contribution in [2.24, 2.45) is 0 Å². The Kier molecular flexibility index (Phi) is 7.43. The van der Waals surface area contributed by atoms with Crippen LogP contribution in [0.5, 0.6) is 11.5 Å². The Bertz CT molecular complexity index is 831. The molecule has 0 aliphatic carbocycles. The molecule has 0 bridgehead atoms. The third-order valence-electron chi connectivity index (χ3n) is 3.82. The molecule has 2 aromatic carbocycles. The van der Waals surface area contributed by atoms with Gasteiger partial charge >= 0.3 is 0 Å². The number of hydrogen-bond acceptors (Lipinski definition) is 4. The van der Waals surface area contributed by atoms with Crippen LogP contribution in [-0.2, 0) is 4.79 Å². The summed E-state index contributed by atoms with van der Waals surface area (Å²) in [6, 6.07) is 12.2. The molecule has 0 saturated heterocycles. The Balaban J connectivity index is 2.15. The van der Waals surface area contributed by atoms with Crippen molar-refractivity contribution in [3.05, 3.63) is 59.7 Å². The lowest BCUT2D eigenvalue weighted by atomic mass is 10.1. The quantitative estimate of drug-likeness (QED) is 0.699. The lowest BCUT2D eigenvalue weighted by Gasteiger charge is -2.10. The molecule has 0 heterocycles. The maximum Gasteiger partial charge on any atom is 0.253 e. The summed E-state index contributed by atoms with van der Waals surface area (Å²) in [5.41, 5.74) is 1.59. The molecule has 0 aliphatic heterocycles. The number of benzene rings is 2. The van der Waals surface area contributed by atoms with Gasteiger partial charge in [0.15, 0.2) is 0 Å². The van der Waals surface area contributed by atoms with Crippen molar-refractivity contribution >= 4 is 23.6 Å². The van der Waals surface area contributed by atoms with Gasteiger partial charge in [0.2, 0.25) is 5.91 Å². The van der Waals surface area contributed by atoms with Crippen LogP contribution in [0.25, 0.3) is 6.08 Å². The molecule has 142 valence electrons. The van der Waals surface area contributed by atoms with Crippen molar-refractivity contribution < 1.29 is 19.1 Å². The standard InChI is InChI=1S/C21H24N2O4/c1-4-13-22-21(25)17-7-5-6-8-18(17)23-20(24)12-9-15-14-16(26-2)10-11-19(15)27-3/h5-12,14H,4,13H2,1-3H3,(H,22,25)(H,23,24)/b12-9+. The number of nitrogens with one attached hydrogen (secondary N) is 2. The predicted molar refractivity (Wildman–Crippen MR) is 106 cm³/mol. The zero-order valence-corrected chi connectivity index (χ0v) is 15.7. The Hall–Kier alpha value is -3.28. The molecular formula is C21H24N2O4. The molecule has 2 N–H and O–H groups in total. The van der Waals surface area contributed by atoms with Crippen LogP contribution in [0.1, 0.15) is 29.3 Å². The van der Waals surface area contributed by atoms with Gasteiger partial charge in [0.05, 0.1) is 25.5 Å². The average Bonchev–Trinajstić information content (AvgIpc) is 2.70. The fraction of sp³-hybridized carbons (Fsp3) is 0.238. The first kappa shape index (κ1) is 20.0. The van der Waals surface area contributed by atoms with E-state index in [9.17, 15) is 9.59 Å². The predicted octanol–water partition coefficient (Wildman–Crippen LogP) is 3.50. The van der Waals surface area contributed by atoms with Crippen LogP contribution in [0.4, 0.5) is 5.69 Å². The lowest BCUT2D eigenvalue weighted by molar-refractivity contribution is -0.111. The number of hydrogen-bond donors (Lipinski definition) is 2. The van der Waals surface area contributed by atoms with Gasteiger partial charge in [-0.3, -0.25) is 9.59 Å². The first-order valence-corrected chi connectivity index (χ1v) is 8.67. The number of carbonyl (C=O) groups is 2. The fourth-order valence-corrected chi connectivity index (χ4v) is 2.43. The van der Waals surface area contributed by atoms with Gasteiger partial charge in [0.1, 0.15) is 11.5 Å². The number of amides is 2. The molecular weight excluding hydrogens is 344 g/mol. The molecule has 0 unspecified atom stereocenters. The molecule has 0 aliphatic rings. The van der Waals surface area contributed by atoms with E-state index in [1.165, 1.54) is 6.08 Å². The second-order valence-corrected chi connectivity index (χ2v) is 5.73. The van der Waals surface area contributed by atoms with Crippen LogP contribution in [-0.4, -0.2) is 32.6 Å². The summed E-state index contributed by atoms with van der Waals surface area (Å²) in [5.74, 6) is 0.717. The van der Waals surface area contributed by atoms with Crippen molar-refractivity contribution in [1.29, 1.82) is 0 Å². The molecule has 0 aromatic heterocycles. The number of anilines is 1. The second kappa shape index (κ2) is 10.0. The molecule has 6 nitrogen and oxygen atoms in total. The summed E-state index contributed by atoms with van der Waals surface area (Å²) in [6.45, 7) is 2.56. The number of para-hydroxylation sites is 1. The zero-order chi connectivity index (χ0) is 19.6. The lowest BCUT2D eigenvalue weighted by Crippen LogP contribution is -2.25. The minimum atomic E-state index is -0.351. The molecule has 0 fully saturated rings. The van der Waals surface area contributed by atoms with E-state index in [4.69, 9.17) is 9.47 Å². The van der Waals surface area contributed by atoms with E-state index in [0.717, 1.165) is 6.42 Å². The molecule has 0 spiro atoms. The van der Waals surface area contributed by atoms with E-state index < -0.39 is 0 Å². The largest absolute Gasteiger partial charge is 0.497 e. The van der Waals surface area contributed by atoms with Crippen LogP contribution >= 0.6 is 0 Å². The van der Waals surface area contributed by atoms with Gasteiger partial charge in [-0.2, -0.15) is 0 Å². The average molecular weight is 368 g/mol. The van der Waals surface area contributed by atoms with Crippen molar-refractivity contribution in [2.45, 2.75) is 13.3 Å². The van der Waals surface area contributed by atoms with Crippen LogP contribution in [0.15, 0.2) is 48.5 Å². The molecule has 6 heteroatoms. The van der Waals surface area contributed by atoms with Crippen LogP contribution in [0, 0.1) is 0 Å². The van der Waals surface area contributed by atoms with Gasteiger partial charge in [-0.25, -0.2) is 0 Å². The van der Waals surface area contributed by atoms with Crippen molar-refractivity contribution in [2.75, 3.05) is 26.1 Å². The summed E-state index contributed by atoms with van der Waals surface area (Å²) < 4.78 is 10.5. The molecule has 2 amide bonds. The van der Waals surface area contributed by atoms with Gasteiger partial charge < -0.3 is 20.1 Å². The normalized spacial score (nSPS) is 10.5. The maximum atomic E-state index is 12.3. The van der Waals surface area contributed by atoms with Crippen molar-refractivity contribution in [3.8, 4) is 11.5 Å². The summed E-state index contributed by atoms with van der Waals surface area (Å²) >= 11 is 0. The Labute approximate surface area is 159 Å². The van der Waals surface area contributed by atoms with E-state index in [1.807, 2.05) is 6.92 Å². The number of ether oxygens (including phenoxy) is 2. The van der Waals surface area contributed by atoms with E-state index in [0.29, 0.717) is 34.9 Å². The second-order valence-electron chi connectivity index (χ2n) is 5.73. The van der Waals surface area contributed by atoms with E-state index in [-0.39, 0.29) is 11.8 Å². The Morgan fingerprint density at radius 1 is 1.07 bits per heavy atom. The topological polar surface area (TPSA) is 76.7 Å². The van der Waals surface area contributed by atoms with E-state index in [2.05, 4.69) is 10.6 Å². The molecule has 2 rings (SSSR count). The molecule has 0 radical (unpaired) electrons. The SMILES string of the molecule is CCCNC(=O)c1ccccc1NC(=O)/C=C/c1cc(OC)ccc1OC. The highest BCUT2D eigenvalue weighted by Gasteiger charge is 2.11. The third kappa shape index (κ3) is 5.60.